The van der Waals surface area contributed by atoms with E-state index in [9.17, 15) is 10.1 Å². The second-order valence-corrected chi connectivity index (χ2v) is 6.75. The normalized spacial score (nSPS) is 12.4. The molecule has 1 aliphatic rings. The predicted octanol–water partition coefficient (Wildman–Crippen LogP) is 4.69. The maximum absolute atomic E-state index is 13.3. The molecule has 148 valence electrons. The van der Waals surface area contributed by atoms with Crippen molar-refractivity contribution in [1.82, 2.24) is 0 Å². The molecule has 0 saturated carbocycles. The molecule has 0 unspecified atom stereocenters. The van der Waals surface area contributed by atoms with Crippen molar-refractivity contribution in [2.75, 3.05) is 24.7 Å². The van der Waals surface area contributed by atoms with Crippen LogP contribution in [0.1, 0.15) is 21.5 Å². The van der Waals surface area contributed by atoms with Crippen LogP contribution in [0.4, 0.5) is 5.69 Å². The Bertz CT molecular complexity index is 1120. The second-order valence-electron chi connectivity index (χ2n) is 6.75. The fourth-order valence-electron chi connectivity index (χ4n) is 3.24. The summed E-state index contributed by atoms with van der Waals surface area (Å²) in [5.74, 6) is 1.10. The van der Waals surface area contributed by atoms with Gasteiger partial charge in [0.05, 0.1) is 11.6 Å². The van der Waals surface area contributed by atoms with E-state index >= 15 is 0 Å². The minimum absolute atomic E-state index is 0.193. The standard InChI is InChI=1S/C25H20N2O3/c26-18-20-8-4-10-21(16-20)25(28)27(13-5-9-19-6-2-1-3-7-19)22-11-12-23-24(17-22)30-15-14-29-23/h1-12,16-17H,13-15H2/b9-5+. The van der Waals surface area contributed by atoms with E-state index in [1.807, 2.05) is 60.7 Å². The number of hydrogen-bond donors (Lipinski definition) is 0. The van der Waals surface area contributed by atoms with Crippen molar-refractivity contribution in [3.8, 4) is 17.6 Å². The number of carbonyl (C=O) groups is 1. The van der Waals surface area contributed by atoms with E-state index in [1.165, 1.54) is 0 Å². The molecule has 1 amide bonds. The van der Waals surface area contributed by atoms with Crippen LogP contribution in [-0.4, -0.2) is 25.7 Å². The zero-order valence-electron chi connectivity index (χ0n) is 16.3. The number of hydrogen-bond acceptors (Lipinski definition) is 4. The molecule has 4 rings (SSSR count). The number of carbonyl (C=O) groups excluding carboxylic acids is 1. The van der Waals surface area contributed by atoms with Gasteiger partial charge in [-0.15, -0.1) is 0 Å². The molecule has 0 aliphatic carbocycles. The molecule has 0 saturated heterocycles. The molecule has 0 spiro atoms. The molecule has 0 atom stereocenters. The zero-order chi connectivity index (χ0) is 20.8. The average Bonchev–Trinajstić information content (AvgIpc) is 2.82. The highest BCUT2D eigenvalue weighted by atomic mass is 16.6. The summed E-state index contributed by atoms with van der Waals surface area (Å²) in [5, 5.41) is 9.18. The Morgan fingerprint density at radius 2 is 1.77 bits per heavy atom. The number of benzene rings is 3. The maximum atomic E-state index is 13.3. The van der Waals surface area contributed by atoms with E-state index in [-0.39, 0.29) is 5.91 Å². The van der Waals surface area contributed by atoms with Crippen molar-refractivity contribution in [3.63, 3.8) is 0 Å². The summed E-state index contributed by atoms with van der Waals surface area (Å²) in [6.45, 7) is 1.35. The first kappa shape index (κ1) is 19.3. The van der Waals surface area contributed by atoms with Crippen LogP contribution in [0.2, 0.25) is 0 Å². The number of amides is 1. The summed E-state index contributed by atoms with van der Waals surface area (Å²) in [6.07, 6.45) is 3.92. The quantitative estimate of drug-likeness (QED) is 0.628. The minimum atomic E-state index is -0.193. The molecule has 0 fully saturated rings. The lowest BCUT2D eigenvalue weighted by Gasteiger charge is -2.24. The van der Waals surface area contributed by atoms with Gasteiger partial charge in [0.25, 0.3) is 5.91 Å². The molecule has 30 heavy (non-hydrogen) atoms. The van der Waals surface area contributed by atoms with E-state index in [0.29, 0.717) is 48.1 Å². The Labute approximate surface area is 175 Å². The van der Waals surface area contributed by atoms with Crippen molar-refractivity contribution >= 4 is 17.7 Å². The molecule has 0 radical (unpaired) electrons. The third-order valence-electron chi connectivity index (χ3n) is 4.72. The van der Waals surface area contributed by atoms with Crippen molar-refractivity contribution in [2.24, 2.45) is 0 Å². The number of nitriles is 1. The van der Waals surface area contributed by atoms with Crippen LogP contribution in [0.15, 0.2) is 78.9 Å². The van der Waals surface area contributed by atoms with Gasteiger partial charge in [-0.2, -0.15) is 5.26 Å². The summed E-state index contributed by atoms with van der Waals surface area (Å²) in [7, 11) is 0. The number of anilines is 1. The Morgan fingerprint density at radius 1 is 0.967 bits per heavy atom. The van der Waals surface area contributed by atoms with Crippen LogP contribution in [0.5, 0.6) is 11.5 Å². The summed E-state index contributed by atoms with van der Waals surface area (Å²) in [4.78, 5) is 15.0. The molecule has 5 nitrogen and oxygen atoms in total. The predicted molar refractivity (Wildman–Crippen MR) is 116 cm³/mol. The van der Waals surface area contributed by atoms with E-state index in [2.05, 4.69) is 6.07 Å². The molecule has 5 heteroatoms. The first-order chi connectivity index (χ1) is 14.7. The van der Waals surface area contributed by atoms with Gasteiger partial charge >= 0.3 is 0 Å². The topological polar surface area (TPSA) is 62.6 Å². The Balaban J connectivity index is 1.66. The third-order valence-corrected chi connectivity index (χ3v) is 4.72. The molecular weight excluding hydrogens is 376 g/mol. The number of ether oxygens (including phenoxy) is 2. The molecule has 1 aliphatic heterocycles. The van der Waals surface area contributed by atoms with E-state index in [0.717, 1.165) is 5.56 Å². The van der Waals surface area contributed by atoms with Crippen molar-refractivity contribution < 1.29 is 14.3 Å². The highest BCUT2D eigenvalue weighted by molar-refractivity contribution is 6.06. The summed E-state index contributed by atoms with van der Waals surface area (Å²) in [5.41, 5.74) is 2.66. The van der Waals surface area contributed by atoms with Crippen LogP contribution >= 0.6 is 0 Å². The van der Waals surface area contributed by atoms with Crippen LogP contribution in [0, 0.1) is 11.3 Å². The summed E-state index contributed by atoms with van der Waals surface area (Å²) < 4.78 is 11.3. The first-order valence-electron chi connectivity index (χ1n) is 9.68. The average molecular weight is 396 g/mol. The smallest absolute Gasteiger partial charge is 0.258 e. The van der Waals surface area contributed by atoms with Gasteiger partial charge in [-0.25, -0.2) is 0 Å². The minimum Gasteiger partial charge on any atom is -0.486 e. The molecule has 0 N–H and O–H groups in total. The van der Waals surface area contributed by atoms with Crippen LogP contribution < -0.4 is 14.4 Å². The lowest BCUT2D eigenvalue weighted by Crippen LogP contribution is -2.31. The largest absolute Gasteiger partial charge is 0.486 e. The lowest BCUT2D eigenvalue weighted by atomic mass is 10.1. The molecule has 0 aromatic heterocycles. The van der Waals surface area contributed by atoms with Gasteiger partial charge in [0, 0.05) is 23.9 Å². The molecule has 0 bridgehead atoms. The molecule has 3 aromatic carbocycles. The van der Waals surface area contributed by atoms with Crippen LogP contribution in [0.25, 0.3) is 6.08 Å². The zero-order valence-corrected chi connectivity index (χ0v) is 16.3. The van der Waals surface area contributed by atoms with Gasteiger partial charge in [-0.05, 0) is 35.9 Å². The SMILES string of the molecule is N#Cc1cccc(C(=O)N(C/C=C/c2ccccc2)c2ccc3c(c2)OCCO3)c1. The van der Waals surface area contributed by atoms with Gasteiger partial charge in [-0.1, -0.05) is 48.6 Å². The van der Waals surface area contributed by atoms with Gasteiger partial charge in [0.1, 0.15) is 13.2 Å². The Hall–Kier alpha value is -4.04. The van der Waals surface area contributed by atoms with E-state index in [1.54, 1.807) is 29.2 Å². The van der Waals surface area contributed by atoms with Crippen LogP contribution in [-0.2, 0) is 0 Å². The van der Waals surface area contributed by atoms with Gasteiger partial charge in [0.15, 0.2) is 11.5 Å². The van der Waals surface area contributed by atoms with Gasteiger partial charge in [-0.3, -0.25) is 4.79 Å². The van der Waals surface area contributed by atoms with Gasteiger partial charge in [0.2, 0.25) is 0 Å². The highest BCUT2D eigenvalue weighted by Gasteiger charge is 2.20. The Morgan fingerprint density at radius 3 is 2.57 bits per heavy atom. The lowest BCUT2D eigenvalue weighted by molar-refractivity contribution is 0.0989. The van der Waals surface area contributed by atoms with E-state index in [4.69, 9.17) is 9.47 Å². The molecule has 1 heterocycles. The third kappa shape index (κ3) is 4.34. The van der Waals surface area contributed by atoms with Crippen molar-refractivity contribution in [1.29, 1.82) is 5.26 Å². The van der Waals surface area contributed by atoms with Gasteiger partial charge < -0.3 is 14.4 Å². The number of fused-ring (bicyclic) bond motifs is 1. The highest BCUT2D eigenvalue weighted by Crippen LogP contribution is 2.34. The van der Waals surface area contributed by atoms with Crippen molar-refractivity contribution in [2.45, 2.75) is 0 Å². The Kier molecular flexibility index (Phi) is 5.77. The second kappa shape index (κ2) is 8.97. The summed E-state index contributed by atoms with van der Waals surface area (Å²) >= 11 is 0. The number of rotatable bonds is 5. The van der Waals surface area contributed by atoms with E-state index < -0.39 is 0 Å². The van der Waals surface area contributed by atoms with Crippen molar-refractivity contribution in [3.05, 3.63) is 95.6 Å². The summed E-state index contributed by atoms with van der Waals surface area (Å²) in [6, 6.07) is 24.2. The monoisotopic (exact) mass is 396 g/mol. The molecular formula is C25H20N2O3. The number of nitrogens with zero attached hydrogens (tertiary/aromatic N) is 2. The van der Waals surface area contributed by atoms with Crippen LogP contribution in [0.3, 0.4) is 0 Å². The maximum Gasteiger partial charge on any atom is 0.258 e. The molecule has 3 aromatic rings. The first-order valence-corrected chi connectivity index (χ1v) is 9.68. The fourth-order valence-corrected chi connectivity index (χ4v) is 3.24. The fraction of sp³-hybridized carbons (Fsp3) is 0.120.